The van der Waals surface area contributed by atoms with E-state index in [9.17, 15) is 9.90 Å². The topological polar surface area (TPSA) is 79.7 Å². The summed E-state index contributed by atoms with van der Waals surface area (Å²) in [6.45, 7) is 5.34. The molecule has 0 radical (unpaired) electrons. The van der Waals surface area contributed by atoms with Gasteiger partial charge >= 0.3 is 0 Å². The van der Waals surface area contributed by atoms with Gasteiger partial charge in [-0.2, -0.15) is 0 Å². The molecule has 21 heavy (non-hydrogen) atoms. The van der Waals surface area contributed by atoms with Gasteiger partial charge in [0.05, 0.1) is 24.0 Å². The summed E-state index contributed by atoms with van der Waals surface area (Å²) in [5.74, 6) is 1.36. The Hall–Kier alpha value is -2.08. The lowest BCUT2D eigenvalue weighted by Crippen LogP contribution is -2.40. The fourth-order valence-corrected chi connectivity index (χ4v) is 2.04. The molecule has 0 aliphatic rings. The number of nitrogens with zero attached hydrogens (tertiary/aromatic N) is 2. The highest BCUT2D eigenvalue weighted by Crippen LogP contribution is 2.22. The lowest BCUT2D eigenvalue weighted by atomic mass is 10.1. The van der Waals surface area contributed by atoms with Crippen molar-refractivity contribution in [3.8, 4) is 11.7 Å². The van der Waals surface area contributed by atoms with Crippen molar-refractivity contribution in [2.75, 3.05) is 13.6 Å². The van der Waals surface area contributed by atoms with E-state index >= 15 is 0 Å². The van der Waals surface area contributed by atoms with Crippen LogP contribution in [-0.2, 0) is 11.2 Å². The Morgan fingerprint density at radius 1 is 1.48 bits per heavy atom. The predicted octanol–water partition coefficient (Wildman–Crippen LogP) is 2.01. The number of amides is 1. The van der Waals surface area contributed by atoms with Gasteiger partial charge in [-0.25, -0.2) is 4.98 Å². The fourth-order valence-electron chi connectivity index (χ4n) is 2.04. The van der Waals surface area contributed by atoms with Crippen molar-refractivity contribution in [3.05, 3.63) is 29.9 Å². The third-order valence-corrected chi connectivity index (χ3v) is 2.99. The number of aliphatic hydroxyl groups is 1. The second kappa shape index (κ2) is 5.73. The first kappa shape index (κ1) is 15.3. The second-order valence-electron chi connectivity index (χ2n) is 5.74. The van der Waals surface area contributed by atoms with E-state index in [1.807, 2.05) is 0 Å². The van der Waals surface area contributed by atoms with Gasteiger partial charge in [0.1, 0.15) is 5.76 Å². The monoisotopic (exact) mass is 292 g/mol. The molecule has 6 nitrogen and oxygen atoms in total. The smallest absolute Gasteiger partial charge is 0.263 e. The minimum Gasteiger partial charge on any atom is -0.459 e. The zero-order valence-corrected chi connectivity index (χ0v) is 12.7. The number of hydrogen-bond donors (Lipinski definition) is 1. The first-order chi connectivity index (χ1) is 9.76. The number of hydrogen-bond acceptors (Lipinski definition) is 5. The maximum absolute atomic E-state index is 12.1. The highest BCUT2D eigenvalue weighted by molar-refractivity contribution is 5.78. The van der Waals surface area contributed by atoms with Gasteiger partial charge in [-0.1, -0.05) is 0 Å². The second-order valence-corrected chi connectivity index (χ2v) is 5.74. The van der Waals surface area contributed by atoms with Crippen LogP contribution in [0.15, 0.2) is 27.2 Å². The maximum atomic E-state index is 12.1. The summed E-state index contributed by atoms with van der Waals surface area (Å²) in [5.41, 5.74) is -0.350. The molecule has 2 aromatic heterocycles. The van der Waals surface area contributed by atoms with E-state index in [0.29, 0.717) is 23.1 Å². The summed E-state index contributed by atoms with van der Waals surface area (Å²) in [6.07, 6.45) is 1.67. The van der Waals surface area contributed by atoms with Gasteiger partial charge < -0.3 is 18.8 Å². The van der Waals surface area contributed by atoms with Gasteiger partial charge in [-0.3, -0.25) is 4.79 Å². The van der Waals surface area contributed by atoms with E-state index in [4.69, 9.17) is 8.83 Å². The quantitative estimate of drug-likeness (QED) is 0.912. The number of aromatic nitrogens is 1. The first-order valence-electron chi connectivity index (χ1n) is 6.73. The van der Waals surface area contributed by atoms with Gasteiger partial charge in [0.25, 0.3) is 5.89 Å². The summed E-state index contributed by atoms with van der Waals surface area (Å²) in [7, 11) is 1.66. The number of furan rings is 1. The molecule has 2 aromatic rings. The van der Waals surface area contributed by atoms with Gasteiger partial charge in [-0.15, -0.1) is 0 Å². The fraction of sp³-hybridized carbons (Fsp3) is 0.467. The minimum absolute atomic E-state index is 0.125. The van der Waals surface area contributed by atoms with E-state index in [1.165, 1.54) is 11.2 Å². The minimum atomic E-state index is -0.928. The first-order valence-corrected chi connectivity index (χ1v) is 6.73. The maximum Gasteiger partial charge on any atom is 0.263 e. The Balaban J connectivity index is 2.08. The molecule has 0 aromatic carbocycles. The third-order valence-electron chi connectivity index (χ3n) is 2.99. The number of rotatable bonds is 5. The standard InChI is InChI=1S/C15H20N2O4/c1-10-11(8-13(18)17(4)9-15(2,3)19)16-14(21-10)12-6-5-7-20-12/h5-7,19H,8-9H2,1-4H3. The average Bonchev–Trinajstić information content (AvgIpc) is 2.97. The molecule has 0 saturated heterocycles. The van der Waals surface area contributed by atoms with Crippen molar-refractivity contribution in [1.82, 2.24) is 9.88 Å². The van der Waals surface area contributed by atoms with E-state index in [-0.39, 0.29) is 18.9 Å². The molecule has 114 valence electrons. The zero-order chi connectivity index (χ0) is 15.6. The van der Waals surface area contributed by atoms with Gasteiger partial charge in [0.15, 0.2) is 5.76 Å². The van der Waals surface area contributed by atoms with Crippen molar-refractivity contribution >= 4 is 5.91 Å². The molecule has 2 rings (SSSR count). The molecule has 0 aliphatic heterocycles. The van der Waals surface area contributed by atoms with E-state index in [1.54, 1.807) is 40.0 Å². The molecule has 0 atom stereocenters. The van der Waals surface area contributed by atoms with Crippen LogP contribution in [0.5, 0.6) is 0 Å². The average molecular weight is 292 g/mol. The van der Waals surface area contributed by atoms with Crippen LogP contribution in [-0.4, -0.2) is 40.1 Å². The van der Waals surface area contributed by atoms with Crippen LogP contribution >= 0.6 is 0 Å². The molecule has 1 amide bonds. The van der Waals surface area contributed by atoms with Crippen molar-refractivity contribution in [3.63, 3.8) is 0 Å². The summed E-state index contributed by atoms with van der Waals surface area (Å²) >= 11 is 0. The van der Waals surface area contributed by atoms with Crippen LogP contribution in [0.3, 0.4) is 0 Å². The van der Waals surface area contributed by atoms with Gasteiger partial charge in [0.2, 0.25) is 5.91 Å². The number of oxazole rings is 1. The molecular weight excluding hydrogens is 272 g/mol. The number of aryl methyl sites for hydroxylation is 1. The molecule has 0 bridgehead atoms. The van der Waals surface area contributed by atoms with Crippen LogP contribution in [0.25, 0.3) is 11.7 Å². The van der Waals surface area contributed by atoms with Crippen molar-refractivity contribution in [2.45, 2.75) is 32.8 Å². The van der Waals surface area contributed by atoms with Crippen LogP contribution in [0, 0.1) is 6.92 Å². The Morgan fingerprint density at radius 2 is 2.19 bits per heavy atom. The summed E-state index contributed by atoms with van der Waals surface area (Å²) in [6, 6.07) is 3.49. The third kappa shape index (κ3) is 3.95. The lowest BCUT2D eigenvalue weighted by Gasteiger charge is -2.25. The normalized spacial score (nSPS) is 11.7. The molecule has 2 heterocycles. The predicted molar refractivity (Wildman–Crippen MR) is 76.6 cm³/mol. The molecule has 0 saturated carbocycles. The summed E-state index contributed by atoms with van der Waals surface area (Å²) < 4.78 is 10.7. The summed E-state index contributed by atoms with van der Waals surface area (Å²) in [5, 5.41) is 9.75. The molecule has 1 N–H and O–H groups in total. The molecule has 0 fully saturated rings. The molecule has 6 heteroatoms. The van der Waals surface area contributed by atoms with Crippen LogP contribution in [0.4, 0.5) is 0 Å². The van der Waals surface area contributed by atoms with Crippen molar-refractivity contribution in [1.29, 1.82) is 0 Å². The van der Waals surface area contributed by atoms with Crippen molar-refractivity contribution < 1.29 is 18.7 Å². The van der Waals surface area contributed by atoms with Crippen LogP contribution in [0.2, 0.25) is 0 Å². The Labute approximate surface area is 123 Å². The van der Waals surface area contributed by atoms with Gasteiger partial charge in [0, 0.05) is 13.6 Å². The SMILES string of the molecule is Cc1oc(-c2ccco2)nc1CC(=O)N(C)CC(C)(C)O. The Morgan fingerprint density at radius 3 is 2.76 bits per heavy atom. The Kier molecular flexibility index (Phi) is 4.18. The van der Waals surface area contributed by atoms with Crippen LogP contribution < -0.4 is 0 Å². The van der Waals surface area contributed by atoms with Crippen LogP contribution in [0.1, 0.15) is 25.3 Å². The van der Waals surface area contributed by atoms with Gasteiger partial charge in [-0.05, 0) is 32.9 Å². The van der Waals surface area contributed by atoms with Crippen molar-refractivity contribution in [2.24, 2.45) is 0 Å². The number of likely N-dealkylation sites (N-methyl/N-ethyl adjacent to an activating group) is 1. The lowest BCUT2D eigenvalue weighted by molar-refractivity contribution is -0.131. The summed E-state index contributed by atoms with van der Waals surface area (Å²) in [4.78, 5) is 17.9. The molecule has 0 aliphatic carbocycles. The number of carbonyl (C=O) groups excluding carboxylic acids is 1. The highest BCUT2D eigenvalue weighted by atomic mass is 16.4. The number of carbonyl (C=O) groups is 1. The largest absolute Gasteiger partial charge is 0.459 e. The van der Waals surface area contributed by atoms with E-state index in [0.717, 1.165) is 0 Å². The van der Waals surface area contributed by atoms with E-state index < -0.39 is 5.60 Å². The van der Waals surface area contributed by atoms with E-state index in [2.05, 4.69) is 4.98 Å². The Bertz CT molecular complexity index is 608. The molecular formula is C15H20N2O4. The molecule has 0 spiro atoms. The zero-order valence-electron chi connectivity index (χ0n) is 12.7. The molecule has 0 unspecified atom stereocenters. The highest BCUT2D eigenvalue weighted by Gasteiger charge is 2.22.